The van der Waals surface area contributed by atoms with Crippen LogP contribution in [0.2, 0.25) is 0 Å². The number of carbonyl (C=O) groups excluding carboxylic acids is 1. The smallest absolute Gasteiger partial charge is 0.249 e. The molecular formula is C4H7NO2. The van der Waals surface area contributed by atoms with E-state index in [0.29, 0.717) is 0 Å². The molecular weight excluding hydrogens is 94.0 g/mol. The second-order valence-electron chi connectivity index (χ2n) is 1.66. The fourth-order valence-electron chi connectivity index (χ4n) is 0.484. The first-order chi connectivity index (χ1) is 3.22. The van der Waals surface area contributed by atoms with Crippen LogP contribution >= 0.6 is 0 Å². The lowest BCUT2D eigenvalue weighted by molar-refractivity contribution is -0.119. The predicted octanol–water partition coefficient (Wildman–Crippen LogP) is -0.741. The van der Waals surface area contributed by atoms with Crippen molar-refractivity contribution in [2.45, 2.75) is 19.1 Å². The molecule has 0 spiro atoms. The molecule has 0 bridgehead atoms. The molecule has 0 aromatic rings. The number of rotatable bonds is 1. The minimum absolute atomic E-state index is 0.0671. The van der Waals surface area contributed by atoms with Gasteiger partial charge in [-0.25, -0.2) is 0 Å². The first kappa shape index (κ1) is 4.59. The van der Waals surface area contributed by atoms with Crippen LogP contribution in [-0.2, 0) is 9.53 Å². The Morgan fingerprint density at radius 2 is 2.29 bits per heavy atom. The summed E-state index contributed by atoms with van der Waals surface area (Å²) in [6, 6.07) is 0. The summed E-state index contributed by atoms with van der Waals surface area (Å²) in [7, 11) is 0. The maximum atomic E-state index is 10.1. The summed E-state index contributed by atoms with van der Waals surface area (Å²) < 4.78 is 4.70. The topological polar surface area (TPSA) is 55.6 Å². The van der Waals surface area contributed by atoms with Crippen molar-refractivity contribution in [1.82, 2.24) is 0 Å². The van der Waals surface area contributed by atoms with Gasteiger partial charge < -0.3 is 10.5 Å². The summed E-state index contributed by atoms with van der Waals surface area (Å²) in [6.07, 6.45) is -0.225. The van der Waals surface area contributed by atoms with Crippen LogP contribution < -0.4 is 5.73 Å². The van der Waals surface area contributed by atoms with Crippen molar-refractivity contribution in [1.29, 1.82) is 0 Å². The van der Waals surface area contributed by atoms with E-state index in [9.17, 15) is 4.79 Å². The molecule has 1 rings (SSSR count). The molecule has 0 aromatic carbocycles. The predicted molar refractivity (Wildman–Crippen MR) is 23.5 cm³/mol. The van der Waals surface area contributed by atoms with Gasteiger partial charge >= 0.3 is 0 Å². The third-order valence-corrected chi connectivity index (χ3v) is 0.991. The molecule has 3 nitrogen and oxygen atoms in total. The average Bonchev–Trinajstić information content (AvgIpc) is 2.17. The van der Waals surface area contributed by atoms with Crippen LogP contribution in [0.5, 0.6) is 0 Å². The molecule has 1 fully saturated rings. The van der Waals surface area contributed by atoms with E-state index in [4.69, 9.17) is 10.5 Å². The van der Waals surface area contributed by atoms with E-state index < -0.39 is 0 Å². The Hall–Kier alpha value is -0.570. The van der Waals surface area contributed by atoms with Crippen molar-refractivity contribution in [3.05, 3.63) is 0 Å². The monoisotopic (exact) mass is 101 g/mol. The van der Waals surface area contributed by atoms with E-state index in [0.717, 1.165) is 0 Å². The van der Waals surface area contributed by atoms with Crippen molar-refractivity contribution in [3.8, 4) is 0 Å². The van der Waals surface area contributed by atoms with Crippen LogP contribution in [0.3, 0.4) is 0 Å². The summed E-state index contributed by atoms with van der Waals surface area (Å²) in [4.78, 5) is 10.1. The van der Waals surface area contributed by atoms with Crippen LogP contribution in [0.1, 0.15) is 6.92 Å². The van der Waals surface area contributed by atoms with Crippen LogP contribution in [0, 0.1) is 0 Å². The summed E-state index contributed by atoms with van der Waals surface area (Å²) >= 11 is 0. The maximum absolute atomic E-state index is 10.1. The third-order valence-electron chi connectivity index (χ3n) is 0.991. The molecule has 2 N–H and O–H groups in total. The molecule has 7 heavy (non-hydrogen) atoms. The Balaban J connectivity index is 2.33. The first-order valence-electron chi connectivity index (χ1n) is 2.16. The normalized spacial score (nSPS) is 37.9. The number of carbonyl (C=O) groups is 1. The maximum Gasteiger partial charge on any atom is 0.249 e. The molecule has 40 valence electrons. The van der Waals surface area contributed by atoms with Gasteiger partial charge in [-0.1, -0.05) is 0 Å². The Bertz CT molecular complexity index is 102. The Labute approximate surface area is 41.4 Å². The van der Waals surface area contributed by atoms with E-state index in [-0.39, 0.29) is 18.1 Å². The lowest BCUT2D eigenvalue weighted by Crippen LogP contribution is -2.18. The van der Waals surface area contributed by atoms with Crippen LogP contribution in [0.25, 0.3) is 0 Å². The number of amides is 1. The number of hydrogen-bond acceptors (Lipinski definition) is 2. The molecule has 1 heterocycles. The third kappa shape index (κ3) is 0.718. The Kier molecular flexibility index (Phi) is 0.785. The fourth-order valence-corrected chi connectivity index (χ4v) is 0.484. The van der Waals surface area contributed by atoms with Crippen molar-refractivity contribution in [3.63, 3.8) is 0 Å². The Morgan fingerprint density at radius 1 is 1.86 bits per heavy atom. The zero-order valence-electron chi connectivity index (χ0n) is 4.05. The summed E-state index contributed by atoms with van der Waals surface area (Å²) in [5, 5.41) is 0. The largest absolute Gasteiger partial charge is 0.367 e. The first-order valence-corrected chi connectivity index (χ1v) is 2.16. The second kappa shape index (κ2) is 1.20. The molecule has 0 radical (unpaired) electrons. The summed E-state index contributed by atoms with van der Waals surface area (Å²) in [6.45, 7) is 1.81. The highest BCUT2D eigenvalue weighted by Gasteiger charge is 2.39. The minimum atomic E-state index is -0.354. The Morgan fingerprint density at radius 3 is 2.29 bits per heavy atom. The van der Waals surface area contributed by atoms with Crippen LogP contribution in [0.4, 0.5) is 0 Å². The number of nitrogens with two attached hydrogens (primary N) is 1. The highest BCUT2D eigenvalue weighted by molar-refractivity contribution is 5.81. The lowest BCUT2D eigenvalue weighted by Gasteiger charge is -1.76. The van der Waals surface area contributed by atoms with Gasteiger partial charge in [-0.05, 0) is 6.92 Å². The van der Waals surface area contributed by atoms with E-state index in [1.165, 1.54) is 0 Å². The van der Waals surface area contributed by atoms with E-state index in [1.807, 2.05) is 6.92 Å². The van der Waals surface area contributed by atoms with E-state index in [2.05, 4.69) is 0 Å². The quantitative estimate of drug-likeness (QED) is 0.442. The zero-order chi connectivity index (χ0) is 5.44. The van der Waals surface area contributed by atoms with Crippen molar-refractivity contribution < 1.29 is 9.53 Å². The van der Waals surface area contributed by atoms with Gasteiger partial charge in [0.25, 0.3) is 0 Å². The number of primary amides is 1. The van der Waals surface area contributed by atoms with Crippen LogP contribution in [-0.4, -0.2) is 18.1 Å². The summed E-state index contributed by atoms with van der Waals surface area (Å²) in [5.74, 6) is -0.354. The molecule has 3 heteroatoms. The second-order valence-corrected chi connectivity index (χ2v) is 1.66. The number of epoxide rings is 1. The van der Waals surface area contributed by atoms with Gasteiger partial charge in [0, 0.05) is 0 Å². The molecule has 1 saturated heterocycles. The van der Waals surface area contributed by atoms with E-state index >= 15 is 0 Å². The highest BCUT2D eigenvalue weighted by Crippen LogP contribution is 2.19. The lowest BCUT2D eigenvalue weighted by atomic mass is 10.3. The van der Waals surface area contributed by atoms with E-state index in [1.54, 1.807) is 0 Å². The molecule has 0 aromatic heterocycles. The average molecular weight is 101 g/mol. The molecule has 1 aliphatic heterocycles. The molecule has 0 aliphatic carbocycles. The van der Waals surface area contributed by atoms with Gasteiger partial charge in [0.05, 0.1) is 6.10 Å². The standard InChI is InChI=1S/C4H7NO2/c1-2-3(7-2)4(5)6/h2-3H,1H3,(H2,5,6)/t2-,3+/m0/s1. The van der Waals surface area contributed by atoms with Crippen LogP contribution in [0.15, 0.2) is 0 Å². The van der Waals surface area contributed by atoms with Gasteiger partial charge in [0.2, 0.25) is 5.91 Å². The van der Waals surface area contributed by atoms with Crippen molar-refractivity contribution in [2.24, 2.45) is 5.73 Å². The van der Waals surface area contributed by atoms with Gasteiger partial charge in [-0.15, -0.1) is 0 Å². The molecule has 1 amide bonds. The zero-order valence-corrected chi connectivity index (χ0v) is 4.05. The molecule has 2 atom stereocenters. The molecule has 0 saturated carbocycles. The SMILES string of the molecule is C[C@@H]1O[C@H]1C(N)=O. The van der Waals surface area contributed by atoms with Gasteiger partial charge in [0.1, 0.15) is 0 Å². The highest BCUT2D eigenvalue weighted by atomic mass is 16.6. The molecule has 1 aliphatic rings. The van der Waals surface area contributed by atoms with Crippen molar-refractivity contribution >= 4 is 5.91 Å². The van der Waals surface area contributed by atoms with Gasteiger partial charge in [-0.2, -0.15) is 0 Å². The molecule has 0 unspecified atom stereocenters. The number of ether oxygens (including phenoxy) is 1. The fraction of sp³-hybridized carbons (Fsp3) is 0.750. The number of hydrogen-bond donors (Lipinski definition) is 1. The summed E-state index contributed by atoms with van der Waals surface area (Å²) in [5.41, 5.74) is 4.82. The minimum Gasteiger partial charge on any atom is -0.367 e. The van der Waals surface area contributed by atoms with Gasteiger partial charge in [0.15, 0.2) is 6.10 Å². The van der Waals surface area contributed by atoms with Crippen molar-refractivity contribution in [2.75, 3.05) is 0 Å². The van der Waals surface area contributed by atoms with Gasteiger partial charge in [-0.3, -0.25) is 4.79 Å².